The van der Waals surface area contributed by atoms with E-state index >= 15 is 0 Å². The van der Waals surface area contributed by atoms with Crippen LogP contribution in [0.25, 0.3) is 0 Å². The van der Waals surface area contributed by atoms with Crippen LogP contribution >= 0.6 is 0 Å². The molecule has 0 unspecified atom stereocenters. The number of amides is 2. The van der Waals surface area contributed by atoms with E-state index < -0.39 is 21.8 Å². The van der Waals surface area contributed by atoms with Gasteiger partial charge in [0, 0.05) is 24.8 Å². The SMILES string of the molecule is COc1cccc(NC(=O)CN2C(=O)COc3ccc(S(=O)(=O)N4CCCCC4)cc32)c1. The normalized spacial score (nSPS) is 16.8. The third kappa shape index (κ3) is 4.56. The standard InChI is InChI=1S/C22H25N3O6S/c1-30-17-7-5-6-16(12-17)23-21(26)14-25-19-13-18(8-9-20(19)31-15-22(25)27)32(28,29)24-10-3-2-4-11-24/h5-9,12-13H,2-4,10-11,14-15H2,1H3,(H,23,26). The number of sulfonamides is 1. The van der Waals surface area contributed by atoms with Crippen molar-refractivity contribution in [2.45, 2.75) is 24.2 Å². The Morgan fingerprint density at radius 2 is 1.91 bits per heavy atom. The second-order valence-corrected chi connectivity index (χ2v) is 9.58. The summed E-state index contributed by atoms with van der Waals surface area (Å²) in [5, 5.41) is 2.73. The molecule has 1 fully saturated rings. The Labute approximate surface area is 187 Å². The lowest BCUT2D eigenvalue weighted by molar-refractivity contribution is -0.123. The lowest BCUT2D eigenvalue weighted by atomic mass is 10.2. The van der Waals surface area contributed by atoms with E-state index in [0.29, 0.717) is 30.3 Å². The van der Waals surface area contributed by atoms with E-state index in [9.17, 15) is 18.0 Å². The summed E-state index contributed by atoms with van der Waals surface area (Å²) in [7, 11) is -2.17. The molecule has 9 nitrogen and oxygen atoms in total. The van der Waals surface area contributed by atoms with Crippen LogP contribution in [0.2, 0.25) is 0 Å². The Morgan fingerprint density at radius 1 is 1.12 bits per heavy atom. The van der Waals surface area contributed by atoms with Crippen LogP contribution in [0.3, 0.4) is 0 Å². The van der Waals surface area contributed by atoms with Crippen LogP contribution in [0.15, 0.2) is 47.4 Å². The molecule has 0 saturated carbocycles. The second-order valence-electron chi connectivity index (χ2n) is 7.64. The molecule has 0 aliphatic carbocycles. The largest absolute Gasteiger partial charge is 0.497 e. The van der Waals surface area contributed by atoms with Crippen LogP contribution in [0.1, 0.15) is 19.3 Å². The van der Waals surface area contributed by atoms with Crippen molar-refractivity contribution in [2.75, 3.05) is 43.6 Å². The molecule has 1 N–H and O–H groups in total. The first-order valence-electron chi connectivity index (χ1n) is 10.4. The van der Waals surface area contributed by atoms with Gasteiger partial charge in [0.05, 0.1) is 17.7 Å². The summed E-state index contributed by atoms with van der Waals surface area (Å²) in [5.41, 5.74) is 0.789. The predicted molar refractivity (Wildman–Crippen MR) is 119 cm³/mol. The Kier molecular flexibility index (Phi) is 6.33. The number of benzene rings is 2. The summed E-state index contributed by atoms with van der Waals surface area (Å²) in [5.74, 6) is 0.0917. The van der Waals surface area contributed by atoms with Crippen molar-refractivity contribution in [3.8, 4) is 11.5 Å². The Balaban J connectivity index is 1.57. The Hall–Kier alpha value is -3.11. The summed E-state index contributed by atoms with van der Waals surface area (Å²) in [6, 6.07) is 11.3. The lowest BCUT2D eigenvalue weighted by Gasteiger charge is -2.30. The fraction of sp³-hybridized carbons (Fsp3) is 0.364. The number of methoxy groups -OCH3 is 1. The number of fused-ring (bicyclic) bond motifs is 1. The van der Waals surface area contributed by atoms with E-state index in [1.54, 1.807) is 24.3 Å². The van der Waals surface area contributed by atoms with Crippen molar-refractivity contribution in [3.05, 3.63) is 42.5 Å². The van der Waals surface area contributed by atoms with Crippen LogP contribution in [0.4, 0.5) is 11.4 Å². The molecular formula is C22H25N3O6S. The van der Waals surface area contributed by atoms with Crippen LogP contribution in [-0.4, -0.2) is 57.9 Å². The van der Waals surface area contributed by atoms with Crippen molar-refractivity contribution in [2.24, 2.45) is 0 Å². The number of rotatable bonds is 6. The van der Waals surface area contributed by atoms with Crippen LogP contribution in [-0.2, 0) is 19.6 Å². The summed E-state index contributed by atoms with van der Waals surface area (Å²) in [6.45, 7) is 0.445. The maximum atomic E-state index is 13.1. The van der Waals surface area contributed by atoms with Gasteiger partial charge in [0.1, 0.15) is 18.0 Å². The summed E-state index contributed by atoms with van der Waals surface area (Å²) >= 11 is 0. The smallest absolute Gasteiger partial charge is 0.265 e. The van der Waals surface area contributed by atoms with Crippen LogP contribution in [0.5, 0.6) is 11.5 Å². The number of ether oxygens (including phenoxy) is 2. The molecule has 0 radical (unpaired) electrons. The van der Waals surface area contributed by atoms with Crippen LogP contribution in [0, 0.1) is 0 Å². The van der Waals surface area contributed by atoms with Crippen molar-refractivity contribution in [1.82, 2.24) is 4.31 Å². The van der Waals surface area contributed by atoms with Gasteiger partial charge in [-0.25, -0.2) is 8.42 Å². The number of anilines is 2. The van der Waals surface area contributed by atoms with E-state index in [-0.39, 0.29) is 23.7 Å². The van der Waals surface area contributed by atoms with Gasteiger partial charge in [-0.15, -0.1) is 0 Å². The second kappa shape index (κ2) is 9.17. The molecule has 2 heterocycles. The van der Waals surface area contributed by atoms with E-state index in [2.05, 4.69) is 5.32 Å². The molecule has 2 aromatic rings. The maximum Gasteiger partial charge on any atom is 0.265 e. The fourth-order valence-corrected chi connectivity index (χ4v) is 5.35. The topological polar surface area (TPSA) is 105 Å². The van der Waals surface area contributed by atoms with Gasteiger partial charge in [-0.05, 0) is 43.2 Å². The highest BCUT2D eigenvalue weighted by Gasteiger charge is 2.31. The molecule has 2 amide bonds. The zero-order valence-corrected chi connectivity index (χ0v) is 18.6. The molecule has 0 aromatic heterocycles. The monoisotopic (exact) mass is 459 g/mol. The van der Waals surface area contributed by atoms with Crippen molar-refractivity contribution < 1.29 is 27.5 Å². The molecule has 0 bridgehead atoms. The van der Waals surface area contributed by atoms with Crippen molar-refractivity contribution >= 4 is 33.2 Å². The van der Waals surface area contributed by atoms with Gasteiger partial charge in [0.2, 0.25) is 15.9 Å². The minimum Gasteiger partial charge on any atom is -0.497 e. The quantitative estimate of drug-likeness (QED) is 0.710. The number of piperidine rings is 1. The van der Waals surface area contributed by atoms with Gasteiger partial charge in [-0.3, -0.25) is 14.5 Å². The molecule has 1 saturated heterocycles. The first-order valence-corrected chi connectivity index (χ1v) is 11.8. The van der Waals surface area contributed by atoms with Gasteiger partial charge in [-0.2, -0.15) is 4.31 Å². The molecule has 4 rings (SSSR count). The zero-order chi connectivity index (χ0) is 22.7. The first-order chi connectivity index (χ1) is 15.4. The number of hydrogen-bond acceptors (Lipinski definition) is 6. The fourth-order valence-electron chi connectivity index (χ4n) is 3.82. The van der Waals surface area contributed by atoms with Gasteiger partial charge in [0.25, 0.3) is 5.91 Å². The van der Waals surface area contributed by atoms with Gasteiger partial charge in [0.15, 0.2) is 6.61 Å². The average Bonchev–Trinajstić information content (AvgIpc) is 2.81. The molecule has 170 valence electrons. The molecule has 32 heavy (non-hydrogen) atoms. The molecule has 10 heteroatoms. The van der Waals surface area contributed by atoms with Crippen molar-refractivity contribution in [3.63, 3.8) is 0 Å². The number of hydrogen-bond donors (Lipinski definition) is 1. The number of nitrogens with one attached hydrogen (secondary N) is 1. The number of nitrogens with zero attached hydrogens (tertiary/aromatic N) is 2. The average molecular weight is 460 g/mol. The lowest BCUT2D eigenvalue weighted by Crippen LogP contribution is -2.43. The summed E-state index contributed by atoms with van der Waals surface area (Å²) in [6.07, 6.45) is 2.65. The maximum absolute atomic E-state index is 13.1. The minimum absolute atomic E-state index is 0.0784. The highest BCUT2D eigenvalue weighted by atomic mass is 32.2. The third-order valence-electron chi connectivity index (χ3n) is 5.48. The third-order valence-corrected chi connectivity index (χ3v) is 7.38. The molecule has 0 atom stereocenters. The molecule has 2 aliphatic rings. The van der Waals surface area contributed by atoms with E-state index in [1.165, 1.54) is 34.5 Å². The van der Waals surface area contributed by atoms with Crippen molar-refractivity contribution in [1.29, 1.82) is 0 Å². The number of carbonyl (C=O) groups excluding carboxylic acids is 2. The van der Waals surface area contributed by atoms with E-state index in [4.69, 9.17) is 9.47 Å². The highest BCUT2D eigenvalue weighted by molar-refractivity contribution is 7.89. The van der Waals surface area contributed by atoms with Gasteiger partial charge in [-0.1, -0.05) is 12.5 Å². The molecular weight excluding hydrogens is 434 g/mol. The minimum atomic E-state index is -3.70. The molecule has 0 spiro atoms. The van der Waals surface area contributed by atoms with Gasteiger partial charge >= 0.3 is 0 Å². The van der Waals surface area contributed by atoms with Gasteiger partial charge < -0.3 is 14.8 Å². The number of carbonyl (C=O) groups is 2. The van der Waals surface area contributed by atoms with Crippen LogP contribution < -0.4 is 19.7 Å². The zero-order valence-electron chi connectivity index (χ0n) is 17.7. The van der Waals surface area contributed by atoms with E-state index in [1.807, 2.05) is 0 Å². The Morgan fingerprint density at radius 3 is 2.66 bits per heavy atom. The van der Waals surface area contributed by atoms with E-state index in [0.717, 1.165) is 19.3 Å². The predicted octanol–water partition coefficient (Wildman–Crippen LogP) is 2.23. The first kappa shape index (κ1) is 22.1. The molecule has 2 aromatic carbocycles. The summed E-state index contributed by atoms with van der Waals surface area (Å²) in [4.78, 5) is 26.5. The summed E-state index contributed by atoms with van der Waals surface area (Å²) < 4.78 is 38.2. The highest BCUT2D eigenvalue weighted by Crippen LogP contribution is 2.35. The Bertz CT molecular complexity index is 1130. The molecule has 2 aliphatic heterocycles.